The first kappa shape index (κ1) is 20.6. The second-order valence-corrected chi connectivity index (χ2v) is 9.35. The predicted molar refractivity (Wildman–Crippen MR) is 144 cm³/mol. The van der Waals surface area contributed by atoms with Crippen LogP contribution >= 0.6 is 11.3 Å². The van der Waals surface area contributed by atoms with Crippen molar-refractivity contribution in [3.05, 3.63) is 113 Å². The summed E-state index contributed by atoms with van der Waals surface area (Å²) in [7, 11) is 0. The van der Waals surface area contributed by atoms with E-state index in [0.29, 0.717) is 38.9 Å². The van der Waals surface area contributed by atoms with Crippen LogP contribution in [0.3, 0.4) is 0 Å². The lowest BCUT2D eigenvalue weighted by Crippen LogP contribution is -2.14. The summed E-state index contributed by atoms with van der Waals surface area (Å²) in [5.41, 5.74) is 3.81. The summed E-state index contributed by atoms with van der Waals surface area (Å²) in [5.74, 6) is 1.61. The zero-order valence-electron chi connectivity index (χ0n) is 18.9. The van der Waals surface area contributed by atoms with Crippen LogP contribution in [0.25, 0.3) is 60.2 Å². The van der Waals surface area contributed by atoms with Crippen LogP contribution in [0.5, 0.6) is 0 Å². The first-order valence-electron chi connectivity index (χ1n) is 11.5. The molecule has 0 aliphatic heterocycles. The number of fused-ring (bicyclic) bond motifs is 4. The Kier molecular flexibility index (Phi) is 4.68. The van der Waals surface area contributed by atoms with Gasteiger partial charge >= 0.3 is 0 Å². The van der Waals surface area contributed by atoms with Crippen LogP contribution in [-0.2, 0) is 0 Å². The van der Waals surface area contributed by atoms with Crippen LogP contribution in [0.1, 0.15) is 0 Å². The second-order valence-electron chi connectivity index (χ2n) is 8.34. The lowest BCUT2D eigenvalue weighted by Gasteiger charge is -2.10. The molecule has 0 fully saturated rings. The van der Waals surface area contributed by atoms with E-state index >= 15 is 0 Å². The van der Waals surface area contributed by atoms with Crippen molar-refractivity contribution in [2.75, 3.05) is 0 Å². The molecule has 170 valence electrons. The van der Waals surface area contributed by atoms with E-state index in [1.807, 2.05) is 103 Å². The summed E-state index contributed by atoms with van der Waals surface area (Å²) in [6.45, 7) is 0. The van der Waals surface area contributed by atoms with Crippen LogP contribution < -0.4 is 5.56 Å². The molecule has 0 N–H and O–H groups in total. The molecular weight excluding hydrogens is 466 g/mol. The standard InChI is InChI=1S/C29H17N5OS/c35-28-21-15-9-14-20(24(21)30-29-34(28)22-16-7-8-17-23(22)36-29)27-32-25(18-10-3-1-4-11-18)31-26(33-27)19-12-5-2-6-13-19/h1-17H. The predicted octanol–water partition coefficient (Wildman–Crippen LogP) is 6.25. The molecule has 7 aromatic rings. The van der Waals surface area contributed by atoms with Crippen molar-refractivity contribution in [2.45, 2.75) is 0 Å². The van der Waals surface area contributed by atoms with Crippen molar-refractivity contribution >= 4 is 37.4 Å². The van der Waals surface area contributed by atoms with E-state index in [1.165, 1.54) is 11.3 Å². The van der Waals surface area contributed by atoms with Crippen molar-refractivity contribution in [3.63, 3.8) is 0 Å². The van der Waals surface area contributed by atoms with Gasteiger partial charge in [-0.25, -0.2) is 19.9 Å². The smallest absolute Gasteiger partial charge is 0.266 e. The Hall–Kier alpha value is -4.75. The second kappa shape index (κ2) is 8.18. The molecule has 3 aromatic heterocycles. The van der Waals surface area contributed by atoms with Crippen molar-refractivity contribution in [1.82, 2.24) is 24.3 Å². The fourth-order valence-electron chi connectivity index (χ4n) is 4.41. The van der Waals surface area contributed by atoms with Gasteiger partial charge in [-0.2, -0.15) is 0 Å². The van der Waals surface area contributed by atoms with Gasteiger partial charge in [0.25, 0.3) is 5.56 Å². The van der Waals surface area contributed by atoms with Gasteiger partial charge in [0.2, 0.25) is 0 Å². The number of para-hydroxylation sites is 2. The summed E-state index contributed by atoms with van der Waals surface area (Å²) in [4.78, 5) is 33.6. The van der Waals surface area contributed by atoms with Gasteiger partial charge in [-0.15, -0.1) is 0 Å². The summed E-state index contributed by atoms with van der Waals surface area (Å²) in [5, 5.41) is 0.525. The molecule has 7 heteroatoms. The summed E-state index contributed by atoms with van der Waals surface area (Å²) < 4.78 is 2.70. The highest BCUT2D eigenvalue weighted by molar-refractivity contribution is 7.23. The van der Waals surface area contributed by atoms with Gasteiger partial charge < -0.3 is 0 Å². The molecule has 36 heavy (non-hydrogen) atoms. The Balaban J connectivity index is 1.53. The van der Waals surface area contributed by atoms with E-state index in [2.05, 4.69) is 0 Å². The maximum atomic E-state index is 13.6. The Labute approximate surface area is 209 Å². The molecule has 0 saturated heterocycles. The molecule has 0 bridgehead atoms. The fourth-order valence-corrected chi connectivity index (χ4v) is 5.42. The molecule has 0 aliphatic carbocycles. The van der Waals surface area contributed by atoms with Gasteiger partial charge in [0.1, 0.15) is 0 Å². The fraction of sp³-hybridized carbons (Fsp3) is 0. The van der Waals surface area contributed by atoms with Crippen molar-refractivity contribution in [2.24, 2.45) is 0 Å². The van der Waals surface area contributed by atoms with E-state index in [1.54, 1.807) is 4.40 Å². The summed E-state index contributed by atoms with van der Waals surface area (Å²) >= 11 is 1.49. The Morgan fingerprint density at radius 2 is 1.19 bits per heavy atom. The van der Waals surface area contributed by atoms with Gasteiger partial charge in [-0.1, -0.05) is 90.2 Å². The van der Waals surface area contributed by atoms with Gasteiger partial charge in [-0.05, 0) is 24.3 Å². The average molecular weight is 484 g/mol. The normalized spacial score (nSPS) is 11.4. The van der Waals surface area contributed by atoms with E-state index in [4.69, 9.17) is 19.9 Å². The third-order valence-corrected chi connectivity index (χ3v) is 7.14. The molecular formula is C29H17N5OS. The van der Waals surface area contributed by atoms with Crippen molar-refractivity contribution in [3.8, 4) is 34.2 Å². The van der Waals surface area contributed by atoms with Gasteiger partial charge in [0.05, 0.1) is 21.1 Å². The SMILES string of the molecule is O=c1c2cccc(-c3nc(-c4ccccc4)nc(-c4ccccc4)n3)c2nc2sc3ccccc3n12. The third kappa shape index (κ3) is 3.29. The summed E-state index contributed by atoms with van der Waals surface area (Å²) in [6.07, 6.45) is 0. The molecule has 0 radical (unpaired) electrons. The molecule has 7 rings (SSSR count). The summed E-state index contributed by atoms with van der Waals surface area (Å²) in [6, 6.07) is 33.1. The van der Waals surface area contributed by atoms with Gasteiger partial charge in [-0.3, -0.25) is 9.20 Å². The molecule has 3 heterocycles. The number of benzene rings is 4. The zero-order valence-corrected chi connectivity index (χ0v) is 19.7. The monoisotopic (exact) mass is 483 g/mol. The first-order valence-corrected chi connectivity index (χ1v) is 12.3. The van der Waals surface area contributed by atoms with E-state index in [-0.39, 0.29) is 5.56 Å². The van der Waals surface area contributed by atoms with E-state index in [0.717, 1.165) is 21.3 Å². The number of nitrogens with zero attached hydrogens (tertiary/aromatic N) is 5. The number of hydrogen-bond acceptors (Lipinski definition) is 6. The molecule has 6 nitrogen and oxygen atoms in total. The topological polar surface area (TPSA) is 73.0 Å². The minimum absolute atomic E-state index is 0.102. The molecule has 0 amide bonds. The lowest BCUT2D eigenvalue weighted by molar-refractivity contribution is 1.07. The Bertz CT molecular complexity index is 1910. The highest BCUT2D eigenvalue weighted by Crippen LogP contribution is 2.30. The third-order valence-electron chi connectivity index (χ3n) is 6.12. The number of rotatable bonds is 3. The quantitative estimate of drug-likeness (QED) is 0.297. The van der Waals surface area contributed by atoms with Crippen molar-refractivity contribution in [1.29, 1.82) is 0 Å². The van der Waals surface area contributed by atoms with Crippen LogP contribution in [0.2, 0.25) is 0 Å². The maximum absolute atomic E-state index is 13.6. The molecule has 0 atom stereocenters. The number of hydrogen-bond donors (Lipinski definition) is 0. The van der Waals surface area contributed by atoms with Gasteiger partial charge in [0, 0.05) is 16.7 Å². The van der Waals surface area contributed by atoms with E-state index < -0.39 is 0 Å². The first-order chi connectivity index (χ1) is 17.8. The number of aromatic nitrogens is 5. The average Bonchev–Trinajstić information content (AvgIpc) is 3.32. The lowest BCUT2D eigenvalue weighted by atomic mass is 10.1. The Morgan fingerprint density at radius 1 is 0.583 bits per heavy atom. The van der Waals surface area contributed by atoms with Crippen LogP contribution in [0.4, 0.5) is 0 Å². The highest BCUT2D eigenvalue weighted by atomic mass is 32.1. The molecule has 0 unspecified atom stereocenters. The van der Waals surface area contributed by atoms with Crippen molar-refractivity contribution < 1.29 is 0 Å². The maximum Gasteiger partial charge on any atom is 0.266 e. The Morgan fingerprint density at radius 3 is 1.89 bits per heavy atom. The minimum atomic E-state index is -0.102. The molecule has 0 aliphatic rings. The minimum Gasteiger partial charge on any atom is -0.268 e. The molecule has 0 spiro atoms. The zero-order chi connectivity index (χ0) is 24.1. The van der Waals surface area contributed by atoms with Gasteiger partial charge in [0.15, 0.2) is 22.4 Å². The van der Waals surface area contributed by atoms with Crippen LogP contribution in [0, 0.1) is 0 Å². The highest BCUT2D eigenvalue weighted by Gasteiger charge is 2.18. The van der Waals surface area contributed by atoms with E-state index in [9.17, 15) is 4.79 Å². The number of thiazole rings is 1. The van der Waals surface area contributed by atoms with Crippen LogP contribution in [0.15, 0.2) is 108 Å². The molecule has 0 saturated carbocycles. The van der Waals surface area contributed by atoms with Crippen LogP contribution in [-0.4, -0.2) is 24.3 Å². The largest absolute Gasteiger partial charge is 0.268 e. The molecule has 4 aromatic carbocycles.